The largest absolute Gasteiger partial charge is 0.390 e. The molecule has 1 aliphatic carbocycles. The second kappa shape index (κ2) is 4.94. The normalized spacial score (nSPS) is 35.4. The lowest BCUT2D eigenvalue weighted by Gasteiger charge is -2.41. The third-order valence-corrected chi connectivity index (χ3v) is 3.93. The minimum Gasteiger partial charge on any atom is -0.390 e. The smallest absolute Gasteiger partial charge is 0.0814 e. The standard InChI is InChI=1S/C13H17NO2.ClH/c15-12-5-10-9-4-2-1-3-8(9)7-14-11(10)6-13(12)16;/h1-4,10-16H,5-7H2;1H/t10-,11-,12+,13-;/m0./s1. The predicted octanol–water partition coefficient (Wildman–Crippen LogP) is 1.18. The van der Waals surface area contributed by atoms with Gasteiger partial charge in [-0.1, -0.05) is 24.3 Å². The number of hydrogen-bond acceptors (Lipinski definition) is 3. The second-order valence-corrected chi connectivity index (χ2v) is 4.90. The van der Waals surface area contributed by atoms with E-state index in [9.17, 15) is 10.2 Å². The molecule has 1 fully saturated rings. The van der Waals surface area contributed by atoms with E-state index in [1.807, 2.05) is 0 Å². The van der Waals surface area contributed by atoms with E-state index in [4.69, 9.17) is 0 Å². The molecule has 3 N–H and O–H groups in total. The number of rotatable bonds is 0. The minimum absolute atomic E-state index is 0. The van der Waals surface area contributed by atoms with Crippen LogP contribution in [0.1, 0.15) is 29.9 Å². The summed E-state index contributed by atoms with van der Waals surface area (Å²) in [6.45, 7) is 0.875. The van der Waals surface area contributed by atoms with Gasteiger partial charge in [-0.3, -0.25) is 0 Å². The average Bonchev–Trinajstić information content (AvgIpc) is 2.31. The van der Waals surface area contributed by atoms with Crippen molar-refractivity contribution in [2.45, 2.75) is 43.6 Å². The number of aliphatic hydroxyl groups is 2. The van der Waals surface area contributed by atoms with Crippen molar-refractivity contribution >= 4 is 12.4 Å². The zero-order valence-electron chi connectivity index (χ0n) is 9.54. The number of nitrogens with one attached hydrogen (secondary N) is 1. The molecule has 4 heteroatoms. The molecule has 17 heavy (non-hydrogen) atoms. The summed E-state index contributed by atoms with van der Waals surface area (Å²) >= 11 is 0. The van der Waals surface area contributed by atoms with Crippen LogP contribution in [0.3, 0.4) is 0 Å². The van der Waals surface area contributed by atoms with Gasteiger partial charge in [0.05, 0.1) is 12.2 Å². The van der Waals surface area contributed by atoms with Gasteiger partial charge in [0.15, 0.2) is 0 Å². The third kappa shape index (κ3) is 2.20. The molecule has 0 aromatic heterocycles. The van der Waals surface area contributed by atoms with Crippen LogP contribution in [0.5, 0.6) is 0 Å². The van der Waals surface area contributed by atoms with Gasteiger partial charge in [-0.25, -0.2) is 0 Å². The molecule has 3 rings (SSSR count). The van der Waals surface area contributed by atoms with Crippen LogP contribution in [0.15, 0.2) is 24.3 Å². The topological polar surface area (TPSA) is 52.5 Å². The highest BCUT2D eigenvalue weighted by molar-refractivity contribution is 5.85. The molecule has 2 aliphatic rings. The summed E-state index contributed by atoms with van der Waals surface area (Å²) < 4.78 is 0. The van der Waals surface area contributed by atoms with Crippen LogP contribution in [-0.2, 0) is 6.54 Å². The Labute approximate surface area is 107 Å². The molecule has 0 amide bonds. The molecular formula is C13H18ClNO2. The molecule has 0 bridgehead atoms. The van der Waals surface area contributed by atoms with Gasteiger partial charge in [-0.05, 0) is 24.0 Å². The fourth-order valence-corrected chi connectivity index (χ4v) is 3.03. The Morgan fingerprint density at radius 2 is 1.76 bits per heavy atom. The van der Waals surface area contributed by atoms with Crippen LogP contribution >= 0.6 is 12.4 Å². The number of halogens is 1. The Kier molecular flexibility index (Phi) is 3.73. The molecule has 0 radical (unpaired) electrons. The fourth-order valence-electron chi connectivity index (χ4n) is 3.03. The van der Waals surface area contributed by atoms with Crippen molar-refractivity contribution in [2.75, 3.05) is 0 Å². The summed E-state index contributed by atoms with van der Waals surface area (Å²) in [7, 11) is 0. The Balaban J connectivity index is 0.00000108. The van der Waals surface area contributed by atoms with Gasteiger partial charge < -0.3 is 15.5 Å². The molecule has 0 saturated heterocycles. The first-order chi connectivity index (χ1) is 7.75. The maximum absolute atomic E-state index is 9.76. The van der Waals surface area contributed by atoms with Crippen LogP contribution in [-0.4, -0.2) is 28.5 Å². The van der Waals surface area contributed by atoms with E-state index in [1.165, 1.54) is 11.1 Å². The van der Waals surface area contributed by atoms with Crippen molar-refractivity contribution in [2.24, 2.45) is 0 Å². The zero-order chi connectivity index (χ0) is 11.1. The van der Waals surface area contributed by atoms with Gasteiger partial charge >= 0.3 is 0 Å². The molecule has 3 nitrogen and oxygen atoms in total. The highest BCUT2D eigenvalue weighted by Crippen LogP contribution is 2.37. The number of fused-ring (bicyclic) bond motifs is 3. The first kappa shape index (κ1) is 12.8. The summed E-state index contributed by atoms with van der Waals surface area (Å²) in [4.78, 5) is 0. The molecule has 0 unspecified atom stereocenters. The van der Waals surface area contributed by atoms with E-state index in [1.54, 1.807) is 0 Å². The average molecular weight is 256 g/mol. The Morgan fingerprint density at radius 1 is 1.06 bits per heavy atom. The van der Waals surface area contributed by atoms with E-state index in [0.717, 1.165) is 6.54 Å². The van der Waals surface area contributed by atoms with Crippen molar-refractivity contribution in [3.8, 4) is 0 Å². The van der Waals surface area contributed by atoms with Gasteiger partial charge in [0.25, 0.3) is 0 Å². The quantitative estimate of drug-likeness (QED) is 0.653. The number of aliphatic hydroxyl groups excluding tert-OH is 2. The van der Waals surface area contributed by atoms with Crippen molar-refractivity contribution < 1.29 is 10.2 Å². The lowest BCUT2D eigenvalue weighted by Crippen LogP contribution is -2.49. The van der Waals surface area contributed by atoms with Crippen molar-refractivity contribution in [1.29, 1.82) is 0 Å². The Hall–Kier alpha value is -0.610. The van der Waals surface area contributed by atoms with Crippen molar-refractivity contribution in [3.05, 3.63) is 35.4 Å². The van der Waals surface area contributed by atoms with Gasteiger partial charge in [0.1, 0.15) is 0 Å². The van der Waals surface area contributed by atoms with Crippen LogP contribution in [0.2, 0.25) is 0 Å². The molecule has 1 saturated carbocycles. The summed E-state index contributed by atoms with van der Waals surface area (Å²) in [5.74, 6) is 0.350. The maximum Gasteiger partial charge on any atom is 0.0814 e. The van der Waals surface area contributed by atoms with Crippen LogP contribution in [0.4, 0.5) is 0 Å². The fraction of sp³-hybridized carbons (Fsp3) is 0.538. The summed E-state index contributed by atoms with van der Waals surface area (Å²) in [5.41, 5.74) is 2.67. The van der Waals surface area contributed by atoms with Gasteiger partial charge in [-0.2, -0.15) is 0 Å². The highest BCUT2D eigenvalue weighted by Gasteiger charge is 2.38. The summed E-state index contributed by atoms with van der Waals surface area (Å²) in [5, 5.41) is 22.9. The van der Waals surface area contributed by atoms with Gasteiger partial charge in [0, 0.05) is 18.5 Å². The zero-order valence-corrected chi connectivity index (χ0v) is 10.4. The first-order valence-corrected chi connectivity index (χ1v) is 5.93. The molecule has 1 aromatic rings. The van der Waals surface area contributed by atoms with Gasteiger partial charge in [0.2, 0.25) is 0 Å². The Bertz CT molecular complexity index is 399. The molecule has 1 heterocycles. The number of benzene rings is 1. The summed E-state index contributed by atoms with van der Waals surface area (Å²) in [6, 6.07) is 8.70. The SMILES string of the molecule is Cl.O[C@@H]1C[C@H]2c3ccccc3CN[C@H]2C[C@@H]1O. The second-order valence-electron chi connectivity index (χ2n) is 4.90. The van der Waals surface area contributed by atoms with Crippen LogP contribution in [0, 0.1) is 0 Å². The monoisotopic (exact) mass is 255 g/mol. The van der Waals surface area contributed by atoms with E-state index in [-0.39, 0.29) is 12.4 Å². The molecule has 1 aliphatic heterocycles. The molecule has 4 atom stereocenters. The van der Waals surface area contributed by atoms with E-state index < -0.39 is 12.2 Å². The van der Waals surface area contributed by atoms with Crippen molar-refractivity contribution in [1.82, 2.24) is 5.32 Å². The van der Waals surface area contributed by atoms with E-state index in [2.05, 4.69) is 29.6 Å². The maximum atomic E-state index is 9.76. The third-order valence-electron chi connectivity index (χ3n) is 3.93. The molecule has 94 valence electrons. The Morgan fingerprint density at radius 3 is 2.59 bits per heavy atom. The molecule has 1 aromatic carbocycles. The van der Waals surface area contributed by atoms with Gasteiger partial charge in [-0.15, -0.1) is 12.4 Å². The van der Waals surface area contributed by atoms with Crippen LogP contribution in [0.25, 0.3) is 0 Å². The molecular weight excluding hydrogens is 238 g/mol. The predicted molar refractivity (Wildman–Crippen MR) is 68.3 cm³/mol. The highest BCUT2D eigenvalue weighted by atomic mass is 35.5. The van der Waals surface area contributed by atoms with Crippen LogP contribution < -0.4 is 5.32 Å². The summed E-state index contributed by atoms with van der Waals surface area (Å²) in [6.07, 6.45) is 0.170. The van der Waals surface area contributed by atoms with E-state index >= 15 is 0 Å². The number of hydrogen-bond donors (Lipinski definition) is 3. The first-order valence-electron chi connectivity index (χ1n) is 5.93. The molecule has 0 spiro atoms. The van der Waals surface area contributed by atoms with Crippen molar-refractivity contribution in [3.63, 3.8) is 0 Å². The minimum atomic E-state index is -0.575. The van der Waals surface area contributed by atoms with E-state index in [0.29, 0.717) is 24.8 Å². The lowest BCUT2D eigenvalue weighted by molar-refractivity contribution is -0.0273. The lowest BCUT2D eigenvalue weighted by atomic mass is 9.74.